The molecule has 0 atom stereocenters. The van der Waals surface area contributed by atoms with Crippen LogP contribution in [0, 0.1) is 0 Å². The zero-order valence-corrected chi connectivity index (χ0v) is 15.2. The van der Waals surface area contributed by atoms with Crippen molar-refractivity contribution in [3.8, 4) is 11.3 Å². The Morgan fingerprint density at radius 1 is 1.04 bits per heavy atom. The van der Waals surface area contributed by atoms with Gasteiger partial charge in [-0.15, -0.1) is 0 Å². The fraction of sp³-hybridized carbons (Fsp3) is 0.143. The number of nitrogens with zero attached hydrogens (tertiary/aromatic N) is 4. The predicted molar refractivity (Wildman–Crippen MR) is 107 cm³/mol. The number of hydrogen-bond acceptors (Lipinski definition) is 4. The number of fused-ring (bicyclic) bond motifs is 1. The molecule has 0 radical (unpaired) electrons. The molecule has 0 bridgehead atoms. The average molecular weight is 373 g/mol. The molecule has 0 aliphatic carbocycles. The summed E-state index contributed by atoms with van der Waals surface area (Å²) in [7, 11) is 0. The van der Waals surface area contributed by atoms with Crippen LogP contribution in [0.5, 0.6) is 0 Å². The van der Waals surface area contributed by atoms with Crippen molar-refractivity contribution in [1.82, 2.24) is 24.6 Å². The van der Waals surface area contributed by atoms with Gasteiger partial charge in [0.25, 0.3) is 5.56 Å². The van der Waals surface area contributed by atoms with Crippen molar-refractivity contribution < 1.29 is 4.79 Å². The van der Waals surface area contributed by atoms with Gasteiger partial charge in [-0.3, -0.25) is 14.6 Å². The Bertz CT molecular complexity index is 1160. The van der Waals surface area contributed by atoms with Gasteiger partial charge in [0, 0.05) is 42.3 Å². The van der Waals surface area contributed by atoms with E-state index < -0.39 is 0 Å². The Labute approximate surface area is 161 Å². The van der Waals surface area contributed by atoms with Gasteiger partial charge in [-0.25, -0.2) is 4.68 Å². The van der Waals surface area contributed by atoms with Crippen LogP contribution in [0.15, 0.2) is 78.0 Å². The Balaban J connectivity index is 1.38. The van der Waals surface area contributed by atoms with E-state index in [1.165, 1.54) is 10.7 Å². The second-order valence-electron chi connectivity index (χ2n) is 6.37. The monoisotopic (exact) mass is 373 g/mol. The van der Waals surface area contributed by atoms with E-state index in [-0.39, 0.29) is 18.0 Å². The smallest absolute Gasteiger partial charge is 0.266 e. The molecule has 140 valence electrons. The minimum atomic E-state index is -0.210. The number of hydrogen-bond donors (Lipinski definition) is 1. The molecule has 0 aliphatic heterocycles. The lowest BCUT2D eigenvalue weighted by molar-refractivity contribution is -0.121. The largest absolute Gasteiger partial charge is 0.353 e. The van der Waals surface area contributed by atoms with E-state index in [4.69, 9.17) is 0 Å². The minimum absolute atomic E-state index is 0.113. The summed E-state index contributed by atoms with van der Waals surface area (Å²) in [6.45, 7) is 0.845. The molecule has 7 nitrogen and oxygen atoms in total. The minimum Gasteiger partial charge on any atom is -0.353 e. The molecule has 1 amide bonds. The van der Waals surface area contributed by atoms with E-state index in [1.807, 2.05) is 53.2 Å². The maximum Gasteiger partial charge on any atom is 0.266 e. The third-order valence-electron chi connectivity index (χ3n) is 4.46. The number of amides is 1. The summed E-state index contributed by atoms with van der Waals surface area (Å²) >= 11 is 0. The van der Waals surface area contributed by atoms with Crippen LogP contribution < -0.4 is 10.9 Å². The van der Waals surface area contributed by atoms with Crippen LogP contribution in [-0.4, -0.2) is 31.8 Å². The van der Waals surface area contributed by atoms with Gasteiger partial charge in [0.2, 0.25) is 5.91 Å². The van der Waals surface area contributed by atoms with Gasteiger partial charge in [-0.1, -0.05) is 18.2 Å². The first-order chi connectivity index (χ1) is 13.7. The van der Waals surface area contributed by atoms with Crippen LogP contribution in [0.2, 0.25) is 0 Å². The van der Waals surface area contributed by atoms with Crippen molar-refractivity contribution in [1.29, 1.82) is 0 Å². The van der Waals surface area contributed by atoms with Gasteiger partial charge >= 0.3 is 0 Å². The standard InChI is InChI=1S/C21H19N5O2/c27-20(15-25-12-9-16-4-1-2-6-19(16)25)23-11-13-26-21(28)8-7-18(24-26)17-5-3-10-22-14-17/h1-10,12,14H,11,13,15H2,(H,23,27). The molecule has 1 aromatic carbocycles. The second kappa shape index (κ2) is 7.87. The summed E-state index contributed by atoms with van der Waals surface area (Å²) in [5, 5.41) is 8.31. The maximum absolute atomic E-state index is 12.3. The molecule has 3 heterocycles. The number of carbonyl (C=O) groups is 1. The molecule has 7 heteroatoms. The lowest BCUT2D eigenvalue weighted by Crippen LogP contribution is -2.33. The van der Waals surface area contributed by atoms with Crippen LogP contribution in [0.3, 0.4) is 0 Å². The number of aromatic nitrogens is 4. The number of pyridine rings is 1. The molecule has 0 unspecified atom stereocenters. The number of rotatable bonds is 6. The Hall–Kier alpha value is -3.74. The van der Waals surface area contributed by atoms with E-state index in [0.29, 0.717) is 18.8 Å². The second-order valence-corrected chi connectivity index (χ2v) is 6.37. The van der Waals surface area contributed by atoms with E-state index in [1.54, 1.807) is 18.5 Å². The van der Waals surface area contributed by atoms with Gasteiger partial charge in [0.15, 0.2) is 0 Å². The first kappa shape index (κ1) is 17.7. The molecule has 4 rings (SSSR count). The quantitative estimate of drug-likeness (QED) is 0.561. The first-order valence-corrected chi connectivity index (χ1v) is 9.00. The van der Waals surface area contributed by atoms with Crippen LogP contribution in [0.25, 0.3) is 22.2 Å². The summed E-state index contributed by atoms with van der Waals surface area (Å²) < 4.78 is 3.26. The number of benzene rings is 1. The molecule has 1 N–H and O–H groups in total. The maximum atomic E-state index is 12.3. The summed E-state index contributed by atoms with van der Waals surface area (Å²) in [5.74, 6) is -0.113. The highest BCUT2D eigenvalue weighted by Gasteiger charge is 2.07. The Morgan fingerprint density at radius 3 is 2.79 bits per heavy atom. The Morgan fingerprint density at radius 2 is 1.93 bits per heavy atom. The third-order valence-corrected chi connectivity index (χ3v) is 4.46. The van der Waals surface area contributed by atoms with Crippen LogP contribution in [0.4, 0.5) is 0 Å². The molecule has 4 aromatic rings. The summed E-state index contributed by atoms with van der Waals surface area (Å²) in [4.78, 5) is 28.4. The SMILES string of the molecule is O=C(Cn1ccc2ccccc21)NCCn1nc(-c2cccnc2)ccc1=O. The number of para-hydroxylation sites is 1. The fourth-order valence-corrected chi connectivity index (χ4v) is 3.07. The molecule has 0 saturated heterocycles. The van der Waals surface area contributed by atoms with E-state index in [9.17, 15) is 9.59 Å². The van der Waals surface area contributed by atoms with Crippen molar-refractivity contribution in [2.75, 3.05) is 6.54 Å². The predicted octanol–water partition coefficient (Wildman–Crippen LogP) is 2.08. The van der Waals surface area contributed by atoms with Gasteiger partial charge < -0.3 is 9.88 Å². The summed E-state index contributed by atoms with van der Waals surface area (Å²) in [5.41, 5.74) is 2.30. The molecule has 28 heavy (non-hydrogen) atoms. The average Bonchev–Trinajstić information content (AvgIpc) is 3.13. The van der Waals surface area contributed by atoms with E-state index >= 15 is 0 Å². The van der Waals surface area contributed by atoms with E-state index in [2.05, 4.69) is 15.4 Å². The summed E-state index contributed by atoms with van der Waals surface area (Å²) in [6.07, 6.45) is 5.27. The molecule has 3 aromatic heterocycles. The van der Waals surface area contributed by atoms with Crippen molar-refractivity contribution in [3.63, 3.8) is 0 Å². The van der Waals surface area contributed by atoms with Crippen LogP contribution in [-0.2, 0) is 17.9 Å². The highest BCUT2D eigenvalue weighted by Crippen LogP contribution is 2.14. The van der Waals surface area contributed by atoms with Crippen LogP contribution >= 0.6 is 0 Å². The van der Waals surface area contributed by atoms with Crippen molar-refractivity contribution in [3.05, 3.63) is 83.5 Å². The van der Waals surface area contributed by atoms with Gasteiger partial charge in [0.1, 0.15) is 6.54 Å². The lowest BCUT2D eigenvalue weighted by Gasteiger charge is -2.09. The molecule has 0 saturated carbocycles. The molecular formula is C21H19N5O2. The van der Waals surface area contributed by atoms with Gasteiger partial charge in [-0.2, -0.15) is 5.10 Å². The zero-order valence-electron chi connectivity index (χ0n) is 15.2. The number of nitrogens with one attached hydrogen (secondary N) is 1. The molecule has 0 fully saturated rings. The topological polar surface area (TPSA) is 81.8 Å². The molecular weight excluding hydrogens is 354 g/mol. The highest BCUT2D eigenvalue weighted by molar-refractivity contribution is 5.83. The molecule has 0 aliphatic rings. The first-order valence-electron chi connectivity index (χ1n) is 9.00. The fourth-order valence-electron chi connectivity index (χ4n) is 3.07. The zero-order chi connectivity index (χ0) is 19.3. The lowest BCUT2D eigenvalue weighted by atomic mass is 10.2. The highest BCUT2D eigenvalue weighted by atomic mass is 16.2. The van der Waals surface area contributed by atoms with Gasteiger partial charge in [-0.05, 0) is 35.7 Å². The van der Waals surface area contributed by atoms with Gasteiger partial charge in [0.05, 0.1) is 12.2 Å². The van der Waals surface area contributed by atoms with Crippen molar-refractivity contribution >= 4 is 16.8 Å². The summed E-state index contributed by atoms with van der Waals surface area (Å²) in [6, 6.07) is 16.7. The number of carbonyl (C=O) groups excluding carboxylic acids is 1. The van der Waals surface area contributed by atoms with E-state index in [0.717, 1.165) is 16.5 Å². The van der Waals surface area contributed by atoms with Crippen molar-refractivity contribution in [2.24, 2.45) is 0 Å². The molecule has 0 spiro atoms. The third kappa shape index (κ3) is 3.83. The van der Waals surface area contributed by atoms with Crippen LogP contribution in [0.1, 0.15) is 0 Å². The Kier molecular flexibility index (Phi) is 4.97. The van der Waals surface area contributed by atoms with Crippen molar-refractivity contribution in [2.45, 2.75) is 13.1 Å². The normalized spacial score (nSPS) is 10.9.